The van der Waals surface area contributed by atoms with E-state index in [9.17, 15) is 4.79 Å². The molecule has 0 atom stereocenters. The van der Waals surface area contributed by atoms with E-state index in [4.69, 9.17) is 12.2 Å². The molecule has 2 heterocycles. The van der Waals surface area contributed by atoms with Crippen molar-refractivity contribution in [3.63, 3.8) is 0 Å². The molecule has 108 valence electrons. The van der Waals surface area contributed by atoms with Gasteiger partial charge in [0.2, 0.25) is 0 Å². The molecule has 0 amide bonds. The highest BCUT2D eigenvalue weighted by atomic mass is 32.1. The van der Waals surface area contributed by atoms with E-state index in [0.717, 1.165) is 37.5 Å². The topological polar surface area (TPSA) is 37.8 Å². The Labute approximate surface area is 131 Å². The summed E-state index contributed by atoms with van der Waals surface area (Å²) >= 11 is 6.98. The molecule has 0 radical (unpaired) electrons. The first-order chi connectivity index (χ1) is 9.88. The van der Waals surface area contributed by atoms with E-state index in [2.05, 4.69) is 11.1 Å². The molecule has 0 aliphatic rings. The Hall–Kier alpha value is -1.72. The maximum absolute atomic E-state index is 12.9. The number of aryl methyl sites for hydroxylation is 4. The molecule has 3 nitrogen and oxygen atoms in total. The molecule has 0 unspecified atom stereocenters. The lowest BCUT2D eigenvalue weighted by Crippen LogP contribution is -2.20. The minimum atomic E-state index is -0.0411. The lowest BCUT2D eigenvalue weighted by molar-refractivity contribution is 0.938. The predicted molar refractivity (Wildman–Crippen MR) is 91.6 cm³/mol. The summed E-state index contributed by atoms with van der Waals surface area (Å²) < 4.78 is 2.04. The number of aromatic nitrogens is 2. The summed E-state index contributed by atoms with van der Waals surface area (Å²) in [7, 11) is 0. The molecule has 3 aromatic rings. The van der Waals surface area contributed by atoms with Crippen LogP contribution in [0.3, 0.4) is 0 Å². The summed E-state index contributed by atoms with van der Waals surface area (Å²) in [6.45, 7) is 8.05. The van der Waals surface area contributed by atoms with Crippen molar-refractivity contribution in [1.29, 1.82) is 0 Å². The minimum Gasteiger partial charge on any atom is -0.323 e. The molecule has 0 saturated heterocycles. The van der Waals surface area contributed by atoms with E-state index in [1.54, 1.807) is 15.9 Å². The van der Waals surface area contributed by atoms with E-state index in [1.165, 1.54) is 0 Å². The highest BCUT2D eigenvalue weighted by Gasteiger charge is 2.14. The summed E-state index contributed by atoms with van der Waals surface area (Å²) in [5.74, 6) is 0. The third-order valence-corrected chi connectivity index (χ3v) is 5.10. The standard InChI is InChI=1S/C16H16N2OS2/c1-8-5-9(2)7-12(6-8)18-15(19)13-10(3)11(4)21-14(13)17-16(18)20/h5-7H,1-4H3,(H,17,20). The van der Waals surface area contributed by atoms with Crippen molar-refractivity contribution in [3.8, 4) is 5.69 Å². The molecule has 21 heavy (non-hydrogen) atoms. The quantitative estimate of drug-likeness (QED) is 0.678. The van der Waals surface area contributed by atoms with Gasteiger partial charge in [0.05, 0.1) is 11.1 Å². The molecular formula is C16H16N2OS2. The second kappa shape index (κ2) is 4.93. The van der Waals surface area contributed by atoms with Gasteiger partial charge in [0.25, 0.3) is 5.56 Å². The minimum absolute atomic E-state index is 0.0411. The average molecular weight is 316 g/mol. The summed E-state index contributed by atoms with van der Waals surface area (Å²) in [6, 6.07) is 6.05. The zero-order valence-electron chi connectivity index (χ0n) is 12.4. The molecule has 0 spiro atoms. The Balaban J connectivity index is 2.45. The number of benzene rings is 1. The van der Waals surface area contributed by atoms with Crippen LogP contribution in [0, 0.1) is 32.5 Å². The fourth-order valence-corrected chi connectivity index (χ4v) is 4.05. The van der Waals surface area contributed by atoms with Gasteiger partial charge in [0.1, 0.15) is 4.83 Å². The van der Waals surface area contributed by atoms with Crippen LogP contribution in [0.4, 0.5) is 0 Å². The van der Waals surface area contributed by atoms with E-state index in [-0.39, 0.29) is 5.56 Å². The Bertz CT molecular complexity index is 956. The fraction of sp³-hybridized carbons (Fsp3) is 0.250. The van der Waals surface area contributed by atoms with Crippen molar-refractivity contribution in [2.45, 2.75) is 27.7 Å². The van der Waals surface area contributed by atoms with Crippen molar-refractivity contribution < 1.29 is 0 Å². The van der Waals surface area contributed by atoms with Crippen molar-refractivity contribution >= 4 is 33.8 Å². The second-order valence-electron chi connectivity index (χ2n) is 5.40. The number of fused-ring (bicyclic) bond motifs is 1. The maximum atomic E-state index is 12.9. The number of nitrogens with one attached hydrogen (secondary N) is 1. The van der Waals surface area contributed by atoms with E-state index in [0.29, 0.717) is 4.77 Å². The third-order valence-electron chi connectivity index (χ3n) is 3.69. The first kappa shape index (κ1) is 14.2. The van der Waals surface area contributed by atoms with Gasteiger partial charge in [-0.15, -0.1) is 11.3 Å². The van der Waals surface area contributed by atoms with Crippen LogP contribution in [-0.2, 0) is 0 Å². The van der Waals surface area contributed by atoms with Crippen LogP contribution in [0.1, 0.15) is 21.6 Å². The normalized spacial score (nSPS) is 11.2. The Morgan fingerprint density at radius 2 is 1.71 bits per heavy atom. The molecule has 0 aliphatic heterocycles. The summed E-state index contributed by atoms with van der Waals surface area (Å²) in [5.41, 5.74) is 4.04. The van der Waals surface area contributed by atoms with Crippen LogP contribution in [0.25, 0.3) is 15.9 Å². The van der Waals surface area contributed by atoms with Gasteiger partial charge in [0.15, 0.2) is 4.77 Å². The van der Waals surface area contributed by atoms with Gasteiger partial charge in [-0.25, -0.2) is 0 Å². The first-order valence-electron chi connectivity index (χ1n) is 6.72. The van der Waals surface area contributed by atoms with Gasteiger partial charge in [-0.05, 0) is 68.7 Å². The molecular weight excluding hydrogens is 300 g/mol. The largest absolute Gasteiger partial charge is 0.323 e. The zero-order chi connectivity index (χ0) is 15.3. The number of rotatable bonds is 1. The van der Waals surface area contributed by atoms with E-state index >= 15 is 0 Å². The number of hydrogen-bond donors (Lipinski definition) is 1. The van der Waals surface area contributed by atoms with Crippen molar-refractivity contribution in [2.75, 3.05) is 0 Å². The van der Waals surface area contributed by atoms with Gasteiger partial charge >= 0.3 is 0 Å². The first-order valence-corrected chi connectivity index (χ1v) is 7.94. The fourth-order valence-electron chi connectivity index (χ4n) is 2.64. The Morgan fingerprint density at radius 3 is 2.33 bits per heavy atom. The summed E-state index contributed by atoms with van der Waals surface area (Å²) in [6.07, 6.45) is 0. The molecule has 1 N–H and O–H groups in total. The average Bonchev–Trinajstić information content (AvgIpc) is 2.63. The summed E-state index contributed by atoms with van der Waals surface area (Å²) in [4.78, 5) is 18.1. The molecule has 2 aromatic heterocycles. The lowest BCUT2D eigenvalue weighted by atomic mass is 10.1. The number of hydrogen-bond acceptors (Lipinski definition) is 3. The monoisotopic (exact) mass is 316 g/mol. The van der Waals surface area contributed by atoms with Gasteiger partial charge in [-0.3, -0.25) is 9.36 Å². The molecule has 3 rings (SSSR count). The molecule has 5 heteroatoms. The van der Waals surface area contributed by atoms with Crippen molar-refractivity contribution in [1.82, 2.24) is 9.55 Å². The number of aromatic amines is 1. The van der Waals surface area contributed by atoms with Crippen LogP contribution in [0.15, 0.2) is 23.0 Å². The van der Waals surface area contributed by atoms with E-state index < -0.39 is 0 Å². The van der Waals surface area contributed by atoms with Crippen LogP contribution < -0.4 is 5.56 Å². The second-order valence-corrected chi connectivity index (χ2v) is 7.02. The van der Waals surface area contributed by atoms with E-state index in [1.807, 2.05) is 39.8 Å². The molecule has 0 saturated carbocycles. The summed E-state index contributed by atoms with van der Waals surface area (Å²) in [5, 5.41) is 0.741. The smallest absolute Gasteiger partial charge is 0.267 e. The van der Waals surface area contributed by atoms with Crippen LogP contribution >= 0.6 is 23.6 Å². The molecule has 1 aromatic carbocycles. The zero-order valence-corrected chi connectivity index (χ0v) is 14.0. The number of nitrogens with zero attached hydrogens (tertiary/aromatic N) is 1. The Morgan fingerprint density at radius 1 is 1.10 bits per heavy atom. The SMILES string of the molecule is Cc1cc(C)cc(-n2c(=S)[nH]c3sc(C)c(C)c3c2=O)c1. The third kappa shape index (κ3) is 2.26. The lowest BCUT2D eigenvalue weighted by Gasteiger charge is -2.09. The van der Waals surface area contributed by atoms with Gasteiger partial charge in [0, 0.05) is 4.88 Å². The van der Waals surface area contributed by atoms with Gasteiger partial charge in [-0.1, -0.05) is 6.07 Å². The molecule has 0 aliphatic carbocycles. The molecule has 0 fully saturated rings. The van der Waals surface area contributed by atoms with Crippen LogP contribution in [-0.4, -0.2) is 9.55 Å². The Kier molecular flexibility index (Phi) is 3.34. The van der Waals surface area contributed by atoms with Gasteiger partial charge in [-0.2, -0.15) is 0 Å². The van der Waals surface area contributed by atoms with Crippen LogP contribution in [0.5, 0.6) is 0 Å². The molecule has 0 bridgehead atoms. The van der Waals surface area contributed by atoms with Gasteiger partial charge < -0.3 is 4.98 Å². The number of thiophene rings is 1. The van der Waals surface area contributed by atoms with Crippen molar-refractivity contribution in [3.05, 3.63) is 54.9 Å². The number of H-pyrrole nitrogens is 1. The highest BCUT2D eigenvalue weighted by Crippen LogP contribution is 2.26. The highest BCUT2D eigenvalue weighted by molar-refractivity contribution is 7.71. The van der Waals surface area contributed by atoms with Crippen LogP contribution in [0.2, 0.25) is 0 Å². The van der Waals surface area contributed by atoms with Crippen molar-refractivity contribution in [2.24, 2.45) is 0 Å². The maximum Gasteiger partial charge on any atom is 0.267 e. The predicted octanol–water partition coefficient (Wildman–Crippen LogP) is 4.34.